The molecule has 0 amide bonds. The van der Waals surface area contributed by atoms with Crippen LogP contribution in [0.15, 0.2) is 47.4 Å². The van der Waals surface area contributed by atoms with Crippen LogP contribution in [-0.4, -0.2) is 5.11 Å². The monoisotopic (exact) mass is 252 g/mol. The minimum atomic E-state index is -0.834. The van der Waals surface area contributed by atoms with Crippen LogP contribution in [0.1, 0.15) is 5.56 Å². The molecule has 2 aromatic carbocycles. The van der Waals surface area contributed by atoms with Gasteiger partial charge in [-0.25, -0.2) is 8.78 Å². The first-order valence-corrected chi connectivity index (χ1v) is 6.00. The summed E-state index contributed by atoms with van der Waals surface area (Å²) in [6.45, 7) is 0. The number of hydrogen-bond donors (Lipinski definition) is 1. The van der Waals surface area contributed by atoms with Gasteiger partial charge in [0.15, 0.2) is 11.6 Å². The van der Waals surface area contributed by atoms with Crippen LogP contribution in [0.5, 0.6) is 5.75 Å². The van der Waals surface area contributed by atoms with Gasteiger partial charge in [0.25, 0.3) is 0 Å². The van der Waals surface area contributed by atoms with Crippen LogP contribution in [0, 0.1) is 11.6 Å². The topological polar surface area (TPSA) is 20.2 Å². The second-order valence-electron chi connectivity index (χ2n) is 3.50. The molecule has 0 saturated heterocycles. The molecule has 2 rings (SSSR count). The van der Waals surface area contributed by atoms with Crippen LogP contribution in [0.4, 0.5) is 8.78 Å². The van der Waals surface area contributed by atoms with Gasteiger partial charge in [0.05, 0.1) is 0 Å². The highest BCUT2D eigenvalue weighted by molar-refractivity contribution is 7.98. The molecule has 17 heavy (non-hydrogen) atoms. The molecule has 0 aliphatic carbocycles. The van der Waals surface area contributed by atoms with Crippen LogP contribution < -0.4 is 0 Å². The van der Waals surface area contributed by atoms with Crippen molar-refractivity contribution in [3.63, 3.8) is 0 Å². The summed E-state index contributed by atoms with van der Waals surface area (Å²) in [6.07, 6.45) is 0. The second kappa shape index (κ2) is 5.19. The van der Waals surface area contributed by atoms with Crippen LogP contribution in [-0.2, 0) is 5.75 Å². The Hall–Kier alpha value is -1.55. The molecule has 0 atom stereocenters. The largest absolute Gasteiger partial charge is 0.508 e. The van der Waals surface area contributed by atoms with Crippen molar-refractivity contribution < 1.29 is 13.9 Å². The summed E-state index contributed by atoms with van der Waals surface area (Å²) in [5, 5.41) is 9.26. The molecule has 4 heteroatoms. The molecule has 0 aromatic heterocycles. The van der Waals surface area contributed by atoms with Crippen molar-refractivity contribution >= 4 is 11.8 Å². The average Bonchev–Trinajstić information content (AvgIpc) is 2.31. The van der Waals surface area contributed by atoms with Crippen molar-refractivity contribution in [2.24, 2.45) is 0 Å². The molecule has 0 saturated carbocycles. The third-order valence-corrected chi connectivity index (χ3v) is 3.29. The van der Waals surface area contributed by atoms with E-state index >= 15 is 0 Å². The summed E-state index contributed by atoms with van der Waals surface area (Å²) >= 11 is 1.34. The first-order valence-electron chi connectivity index (χ1n) is 5.01. The van der Waals surface area contributed by atoms with Gasteiger partial charge in [0.1, 0.15) is 5.75 Å². The molecule has 1 N–H and O–H groups in total. The molecule has 0 aliphatic heterocycles. The highest BCUT2D eigenvalue weighted by Gasteiger charge is 2.07. The Morgan fingerprint density at radius 1 is 1.06 bits per heavy atom. The van der Waals surface area contributed by atoms with Crippen molar-refractivity contribution in [3.05, 3.63) is 59.7 Å². The maximum Gasteiger partial charge on any atom is 0.162 e. The SMILES string of the molecule is Oc1cccc(SCc2cccc(F)c2F)c1. The number of rotatable bonds is 3. The van der Waals surface area contributed by atoms with Crippen molar-refractivity contribution in [2.75, 3.05) is 0 Å². The number of hydrogen-bond acceptors (Lipinski definition) is 2. The van der Waals surface area contributed by atoms with Crippen molar-refractivity contribution in [3.8, 4) is 5.75 Å². The summed E-state index contributed by atoms with van der Waals surface area (Å²) < 4.78 is 26.3. The van der Waals surface area contributed by atoms with Gasteiger partial charge in [-0.15, -0.1) is 11.8 Å². The highest BCUT2D eigenvalue weighted by atomic mass is 32.2. The maximum atomic E-state index is 13.3. The molecule has 0 unspecified atom stereocenters. The molecular weight excluding hydrogens is 242 g/mol. The predicted octanol–water partition coefficient (Wildman–Crippen LogP) is 3.96. The van der Waals surface area contributed by atoms with Crippen LogP contribution >= 0.6 is 11.8 Å². The van der Waals surface area contributed by atoms with Gasteiger partial charge in [-0.05, 0) is 24.3 Å². The lowest BCUT2D eigenvalue weighted by atomic mass is 10.2. The normalized spacial score (nSPS) is 10.5. The van der Waals surface area contributed by atoms with E-state index in [0.717, 1.165) is 11.0 Å². The zero-order valence-electron chi connectivity index (χ0n) is 8.86. The number of aromatic hydroxyl groups is 1. The fraction of sp³-hybridized carbons (Fsp3) is 0.0769. The fourth-order valence-corrected chi connectivity index (χ4v) is 2.32. The van der Waals surface area contributed by atoms with E-state index in [9.17, 15) is 13.9 Å². The molecule has 2 aromatic rings. The Labute approximate surface area is 102 Å². The van der Waals surface area contributed by atoms with Gasteiger partial charge in [0, 0.05) is 16.2 Å². The smallest absolute Gasteiger partial charge is 0.162 e. The molecule has 0 heterocycles. The van der Waals surface area contributed by atoms with E-state index < -0.39 is 11.6 Å². The summed E-state index contributed by atoms with van der Waals surface area (Å²) in [5.41, 5.74) is 0.318. The highest BCUT2D eigenvalue weighted by Crippen LogP contribution is 2.26. The quantitative estimate of drug-likeness (QED) is 0.834. The van der Waals surface area contributed by atoms with Gasteiger partial charge in [-0.1, -0.05) is 18.2 Å². The van der Waals surface area contributed by atoms with Crippen molar-refractivity contribution in [2.45, 2.75) is 10.6 Å². The molecule has 88 valence electrons. The Kier molecular flexibility index (Phi) is 3.64. The summed E-state index contributed by atoms with van der Waals surface area (Å²) in [5.74, 6) is -1.15. The lowest BCUT2D eigenvalue weighted by molar-refractivity contribution is 0.474. The number of halogens is 2. The Morgan fingerprint density at radius 3 is 2.59 bits per heavy atom. The van der Waals surface area contributed by atoms with E-state index in [1.807, 2.05) is 6.07 Å². The third-order valence-electron chi connectivity index (χ3n) is 2.24. The Morgan fingerprint density at radius 2 is 1.82 bits per heavy atom. The third kappa shape index (κ3) is 2.97. The number of phenols is 1. The molecule has 0 bridgehead atoms. The van der Waals surface area contributed by atoms with E-state index in [-0.39, 0.29) is 5.75 Å². The summed E-state index contributed by atoms with van der Waals surface area (Å²) in [6, 6.07) is 10.8. The molecular formula is C13H10F2OS. The minimum absolute atomic E-state index is 0.162. The van der Waals surface area contributed by atoms with Gasteiger partial charge in [0.2, 0.25) is 0 Å². The molecule has 0 aliphatic rings. The number of phenolic OH excluding ortho intramolecular Hbond substituents is 1. The Balaban J connectivity index is 2.10. The van der Waals surface area contributed by atoms with Crippen LogP contribution in [0.2, 0.25) is 0 Å². The molecule has 1 nitrogen and oxygen atoms in total. The van der Waals surface area contributed by atoms with E-state index in [2.05, 4.69) is 0 Å². The van der Waals surface area contributed by atoms with Crippen LogP contribution in [0.25, 0.3) is 0 Å². The van der Waals surface area contributed by atoms with Gasteiger partial charge in [-0.2, -0.15) is 0 Å². The van der Waals surface area contributed by atoms with Gasteiger partial charge < -0.3 is 5.11 Å². The van der Waals surface area contributed by atoms with E-state index in [1.165, 1.54) is 17.8 Å². The summed E-state index contributed by atoms with van der Waals surface area (Å²) in [4.78, 5) is 0.814. The van der Waals surface area contributed by atoms with E-state index in [4.69, 9.17) is 0 Å². The molecule has 0 fully saturated rings. The second-order valence-corrected chi connectivity index (χ2v) is 4.55. The predicted molar refractivity (Wildman–Crippen MR) is 64.0 cm³/mol. The first-order chi connectivity index (χ1) is 8.16. The number of thioether (sulfide) groups is 1. The lowest BCUT2D eigenvalue weighted by Gasteiger charge is -2.04. The fourth-order valence-electron chi connectivity index (χ4n) is 1.39. The standard InChI is InChI=1S/C13H10F2OS/c14-12-6-1-3-9(13(12)15)8-17-11-5-2-4-10(16)7-11/h1-7,16H,8H2. The average molecular weight is 252 g/mol. The van der Waals surface area contributed by atoms with Crippen molar-refractivity contribution in [1.29, 1.82) is 0 Å². The Bertz CT molecular complexity index is 529. The van der Waals surface area contributed by atoms with Crippen LogP contribution in [0.3, 0.4) is 0 Å². The van der Waals surface area contributed by atoms with E-state index in [0.29, 0.717) is 11.3 Å². The van der Waals surface area contributed by atoms with Gasteiger partial charge >= 0.3 is 0 Å². The lowest BCUT2D eigenvalue weighted by Crippen LogP contribution is -1.91. The van der Waals surface area contributed by atoms with Gasteiger partial charge in [-0.3, -0.25) is 0 Å². The maximum absolute atomic E-state index is 13.3. The van der Waals surface area contributed by atoms with Crippen molar-refractivity contribution in [1.82, 2.24) is 0 Å². The summed E-state index contributed by atoms with van der Waals surface area (Å²) in [7, 11) is 0. The molecule has 0 radical (unpaired) electrons. The van der Waals surface area contributed by atoms with E-state index in [1.54, 1.807) is 24.3 Å². The molecule has 0 spiro atoms. The first kappa shape index (κ1) is 11.9. The zero-order valence-corrected chi connectivity index (χ0v) is 9.68. The minimum Gasteiger partial charge on any atom is -0.508 e. The zero-order chi connectivity index (χ0) is 12.3. The number of benzene rings is 2.